The molecule has 0 saturated heterocycles. The lowest BCUT2D eigenvalue weighted by Gasteiger charge is -2.16. The van der Waals surface area contributed by atoms with Gasteiger partial charge in [-0.1, -0.05) is 30.3 Å². The maximum absolute atomic E-state index is 12.8. The van der Waals surface area contributed by atoms with Crippen LogP contribution >= 0.6 is 0 Å². The van der Waals surface area contributed by atoms with Gasteiger partial charge >= 0.3 is 0 Å². The van der Waals surface area contributed by atoms with Gasteiger partial charge in [-0.25, -0.2) is 4.98 Å². The summed E-state index contributed by atoms with van der Waals surface area (Å²) in [6.07, 6.45) is 3.26. The van der Waals surface area contributed by atoms with Gasteiger partial charge in [-0.15, -0.1) is 0 Å². The molecule has 3 N–H and O–H groups in total. The van der Waals surface area contributed by atoms with Crippen LogP contribution in [0.5, 0.6) is 0 Å². The lowest BCUT2D eigenvalue weighted by Crippen LogP contribution is -2.47. The number of ketones is 1. The summed E-state index contributed by atoms with van der Waals surface area (Å²) < 4.78 is 5.44. The lowest BCUT2D eigenvalue weighted by atomic mass is 10.0. The Bertz CT molecular complexity index is 1000. The van der Waals surface area contributed by atoms with Gasteiger partial charge in [-0.05, 0) is 17.7 Å². The highest BCUT2D eigenvalue weighted by atomic mass is 16.4. The Labute approximate surface area is 160 Å². The SMILES string of the molecule is Cc1nc(-c2cccnc2)c(C(=O)NC(Cc2ccccc2)C(=O)C(N)=O)o1. The van der Waals surface area contributed by atoms with E-state index in [0.29, 0.717) is 11.3 Å². The second-order valence-corrected chi connectivity index (χ2v) is 6.10. The summed E-state index contributed by atoms with van der Waals surface area (Å²) in [5.74, 6) is -2.47. The van der Waals surface area contributed by atoms with Crippen molar-refractivity contribution < 1.29 is 18.8 Å². The molecule has 0 aliphatic carbocycles. The number of nitrogens with zero attached hydrogens (tertiary/aromatic N) is 2. The zero-order chi connectivity index (χ0) is 20.1. The van der Waals surface area contributed by atoms with E-state index >= 15 is 0 Å². The molecule has 8 heteroatoms. The molecule has 2 aromatic heterocycles. The first-order chi connectivity index (χ1) is 13.5. The number of pyridine rings is 1. The van der Waals surface area contributed by atoms with Gasteiger partial charge in [0.25, 0.3) is 11.8 Å². The molecule has 0 spiro atoms. The highest BCUT2D eigenvalue weighted by molar-refractivity contribution is 6.38. The Morgan fingerprint density at radius 3 is 2.54 bits per heavy atom. The van der Waals surface area contributed by atoms with E-state index in [9.17, 15) is 14.4 Å². The quantitative estimate of drug-likeness (QED) is 0.599. The molecule has 1 atom stereocenters. The van der Waals surface area contributed by atoms with Crippen LogP contribution in [0.1, 0.15) is 22.0 Å². The standard InChI is InChI=1S/C20H18N4O4/c1-12-23-16(14-8-5-9-22-11-14)18(28-12)20(27)24-15(17(25)19(21)26)10-13-6-3-2-4-7-13/h2-9,11,15H,10H2,1H3,(H2,21,26)(H,24,27). The van der Waals surface area contributed by atoms with Gasteiger partial charge in [-0.3, -0.25) is 19.4 Å². The molecule has 1 aromatic carbocycles. The van der Waals surface area contributed by atoms with Crippen molar-refractivity contribution in [2.45, 2.75) is 19.4 Å². The molecule has 0 radical (unpaired) electrons. The molecule has 3 rings (SSSR count). The summed E-state index contributed by atoms with van der Waals surface area (Å²) in [6, 6.07) is 11.3. The van der Waals surface area contributed by atoms with Crippen LogP contribution in [0, 0.1) is 6.92 Å². The van der Waals surface area contributed by atoms with Crippen molar-refractivity contribution in [3.63, 3.8) is 0 Å². The predicted molar refractivity (Wildman–Crippen MR) is 100 cm³/mol. The van der Waals surface area contributed by atoms with Crippen molar-refractivity contribution in [2.75, 3.05) is 0 Å². The van der Waals surface area contributed by atoms with Crippen LogP contribution in [0.15, 0.2) is 59.3 Å². The van der Waals surface area contributed by atoms with Crippen LogP contribution in [0.4, 0.5) is 0 Å². The Kier molecular flexibility index (Phi) is 5.59. The number of amides is 2. The van der Waals surface area contributed by atoms with Crippen LogP contribution in [0.25, 0.3) is 11.3 Å². The molecule has 2 amide bonds. The largest absolute Gasteiger partial charge is 0.435 e. The minimum atomic E-state index is -1.13. The lowest BCUT2D eigenvalue weighted by molar-refractivity contribution is -0.137. The maximum atomic E-state index is 12.8. The molecule has 8 nitrogen and oxygen atoms in total. The number of aryl methyl sites for hydroxylation is 1. The third-order valence-corrected chi connectivity index (χ3v) is 4.02. The summed E-state index contributed by atoms with van der Waals surface area (Å²) >= 11 is 0. The van der Waals surface area contributed by atoms with E-state index in [-0.39, 0.29) is 18.1 Å². The molecule has 28 heavy (non-hydrogen) atoms. The number of primary amides is 1. The van der Waals surface area contributed by atoms with Gasteiger partial charge in [0.05, 0.1) is 0 Å². The Hall–Kier alpha value is -3.81. The Morgan fingerprint density at radius 2 is 1.89 bits per heavy atom. The number of nitrogens with two attached hydrogens (primary N) is 1. The van der Waals surface area contributed by atoms with Crippen molar-refractivity contribution in [3.8, 4) is 11.3 Å². The van der Waals surface area contributed by atoms with Crippen LogP contribution in [0.3, 0.4) is 0 Å². The number of carbonyl (C=O) groups excluding carboxylic acids is 3. The highest BCUT2D eigenvalue weighted by Gasteiger charge is 2.29. The monoisotopic (exact) mass is 378 g/mol. The number of carbonyl (C=O) groups is 3. The fraction of sp³-hybridized carbons (Fsp3) is 0.150. The third-order valence-electron chi connectivity index (χ3n) is 4.02. The molecular weight excluding hydrogens is 360 g/mol. The molecule has 1 unspecified atom stereocenters. The zero-order valence-electron chi connectivity index (χ0n) is 15.1. The molecule has 0 bridgehead atoms. The zero-order valence-corrected chi connectivity index (χ0v) is 15.1. The van der Waals surface area contributed by atoms with Crippen molar-refractivity contribution in [3.05, 3.63) is 72.1 Å². The second kappa shape index (κ2) is 8.26. The topological polar surface area (TPSA) is 128 Å². The highest BCUT2D eigenvalue weighted by Crippen LogP contribution is 2.23. The minimum absolute atomic E-state index is 0.0687. The fourth-order valence-corrected chi connectivity index (χ4v) is 2.73. The first kappa shape index (κ1) is 19.0. The number of nitrogens with one attached hydrogen (secondary N) is 1. The van der Waals surface area contributed by atoms with Crippen LogP contribution in [-0.2, 0) is 16.0 Å². The maximum Gasteiger partial charge on any atom is 0.290 e. The second-order valence-electron chi connectivity index (χ2n) is 6.10. The average Bonchev–Trinajstić information content (AvgIpc) is 3.10. The van der Waals surface area contributed by atoms with Crippen LogP contribution in [0.2, 0.25) is 0 Å². The van der Waals surface area contributed by atoms with Crippen LogP contribution < -0.4 is 11.1 Å². The van der Waals surface area contributed by atoms with E-state index in [2.05, 4.69) is 15.3 Å². The van der Waals surface area contributed by atoms with Gasteiger partial charge in [0.2, 0.25) is 11.5 Å². The van der Waals surface area contributed by atoms with Crippen LogP contribution in [-0.4, -0.2) is 33.6 Å². The number of rotatable bonds is 7. The number of benzene rings is 1. The van der Waals surface area contributed by atoms with Gasteiger partial charge < -0.3 is 15.5 Å². The summed E-state index contributed by atoms with van der Waals surface area (Å²) in [4.78, 5) is 44.7. The van der Waals surface area contributed by atoms with Crippen molar-refractivity contribution >= 4 is 17.6 Å². The summed E-state index contributed by atoms with van der Waals surface area (Å²) in [5.41, 5.74) is 6.80. The molecule has 0 aliphatic heterocycles. The predicted octanol–water partition coefficient (Wildman–Crippen LogP) is 1.44. The van der Waals surface area contributed by atoms with Crippen molar-refractivity contribution in [1.29, 1.82) is 0 Å². The van der Waals surface area contributed by atoms with E-state index in [1.165, 1.54) is 0 Å². The molecule has 2 heterocycles. The Morgan fingerprint density at radius 1 is 1.14 bits per heavy atom. The van der Waals surface area contributed by atoms with Gasteiger partial charge in [0.15, 0.2) is 5.89 Å². The number of oxazole rings is 1. The molecule has 0 saturated carbocycles. The first-order valence-corrected chi connectivity index (χ1v) is 8.52. The minimum Gasteiger partial charge on any atom is -0.435 e. The third kappa shape index (κ3) is 4.29. The molecule has 0 aliphatic rings. The van der Waals surface area contributed by atoms with Crippen molar-refractivity contribution in [2.24, 2.45) is 5.73 Å². The Balaban J connectivity index is 1.88. The number of Topliss-reactive ketones (excluding diaryl/α,β-unsaturated/α-hetero) is 1. The van der Waals surface area contributed by atoms with E-state index in [1.807, 2.05) is 6.07 Å². The van der Waals surface area contributed by atoms with Gasteiger partial charge in [0, 0.05) is 31.3 Å². The van der Waals surface area contributed by atoms with E-state index in [4.69, 9.17) is 10.2 Å². The first-order valence-electron chi connectivity index (χ1n) is 8.52. The molecular formula is C20H18N4O4. The van der Waals surface area contributed by atoms with Gasteiger partial charge in [-0.2, -0.15) is 0 Å². The van der Waals surface area contributed by atoms with E-state index in [1.54, 1.807) is 55.7 Å². The smallest absolute Gasteiger partial charge is 0.290 e. The van der Waals surface area contributed by atoms with Crippen molar-refractivity contribution in [1.82, 2.24) is 15.3 Å². The number of aromatic nitrogens is 2. The summed E-state index contributed by atoms with van der Waals surface area (Å²) in [5, 5.41) is 2.54. The molecule has 0 fully saturated rings. The van der Waals surface area contributed by atoms with E-state index in [0.717, 1.165) is 5.56 Å². The average molecular weight is 378 g/mol. The van der Waals surface area contributed by atoms with Gasteiger partial charge in [0.1, 0.15) is 11.7 Å². The van der Waals surface area contributed by atoms with E-state index < -0.39 is 23.6 Å². The normalized spacial score (nSPS) is 11.6. The fourth-order valence-electron chi connectivity index (χ4n) is 2.73. The molecule has 3 aromatic rings. The summed E-state index contributed by atoms with van der Waals surface area (Å²) in [7, 11) is 0. The number of hydrogen-bond acceptors (Lipinski definition) is 6. The molecule has 142 valence electrons. The number of hydrogen-bond donors (Lipinski definition) is 2. The summed E-state index contributed by atoms with van der Waals surface area (Å²) in [6.45, 7) is 1.60.